The van der Waals surface area contributed by atoms with E-state index in [1.807, 2.05) is 13.0 Å². The van der Waals surface area contributed by atoms with E-state index in [1.54, 1.807) is 12.1 Å². The number of hydrogen-bond acceptors (Lipinski definition) is 3. The summed E-state index contributed by atoms with van der Waals surface area (Å²) in [5, 5.41) is 20.4. The third-order valence-corrected chi connectivity index (χ3v) is 2.55. The van der Waals surface area contributed by atoms with Crippen LogP contribution in [-0.2, 0) is 0 Å². The Hall–Kier alpha value is -1.52. The van der Waals surface area contributed by atoms with Crippen LogP contribution in [0.3, 0.4) is 0 Å². The zero-order chi connectivity index (χ0) is 11.3. The molecular formula is C11H10BrN3. The third kappa shape index (κ3) is 3.27. The molecule has 1 aromatic carbocycles. The molecule has 0 bridgehead atoms. The molecule has 4 heteroatoms. The molecule has 0 amide bonds. The maximum absolute atomic E-state index is 8.68. The maximum atomic E-state index is 8.68. The summed E-state index contributed by atoms with van der Waals surface area (Å²) < 4.78 is 0.839. The Labute approximate surface area is 97.5 Å². The number of nitrogens with zero attached hydrogens (tertiary/aromatic N) is 2. The van der Waals surface area contributed by atoms with E-state index in [9.17, 15) is 0 Å². The van der Waals surface area contributed by atoms with E-state index in [4.69, 9.17) is 10.5 Å². The summed E-state index contributed by atoms with van der Waals surface area (Å²) in [4.78, 5) is 0. The van der Waals surface area contributed by atoms with Crippen LogP contribution >= 0.6 is 15.9 Å². The molecule has 1 N–H and O–H groups in total. The highest BCUT2D eigenvalue weighted by atomic mass is 79.9. The van der Waals surface area contributed by atoms with Gasteiger partial charge in [-0.3, -0.25) is 0 Å². The maximum Gasteiger partial charge on any atom is 0.0992 e. The van der Waals surface area contributed by atoms with Crippen LogP contribution in [0.2, 0.25) is 0 Å². The lowest BCUT2D eigenvalue weighted by atomic mass is 10.2. The minimum atomic E-state index is 0.0965. The lowest BCUT2D eigenvalue weighted by Gasteiger charge is -2.13. The molecule has 1 rings (SSSR count). The van der Waals surface area contributed by atoms with Gasteiger partial charge in [-0.05, 0) is 41.1 Å². The van der Waals surface area contributed by atoms with Crippen molar-refractivity contribution in [2.75, 3.05) is 5.32 Å². The van der Waals surface area contributed by atoms with Crippen LogP contribution in [0.5, 0.6) is 0 Å². The molecule has 0 radical (unpaired) electrons. The monoisotopic (exact) mass is 263 g/mol. The van der Waals surface area contributed by atoms with Gasteiger partial charge in [-0.2, -0.15) is 10.5 Å². The standard InChI is InChI=1S/C11H10BrN3/c1-8(4-5-13)15-11-3-2-9(7-14)6-10(11)12/h2-3,6,8,15H,4H2,1H3. The Balaban J connectivity index is 2.80. The van der Waals surface area contributed by atoms with E-state index in [0.717, 1.165) is 10.2 Å². The first-order chi connectivity index (χ1) is 7.17. The number of benzene rings is 1. The molecule has 15 heavy (non-hydrogen) atoms. The summed E-state index contributed by atoms with van der Waals surface area (Å²) in [5.41, 5.74) is 1.51. The van der Waals surface area contributed by atoms with Crippen molar-refractivity contribution in [1.29, 1.82) is 10.5 Å². The predicted octanol–water partition coefficient (Wildman–Crippen LogP) is 3.03. The van der Waals surface area contributed by atoms with E-state index in [-0.39, 0.29) is 6.04 Å². The van der Waals surface area contributed by atoms with Crippen LogP contribution in [-0.4, -0.2) is 6.04 Å². The van der Waals surface area contributed by atoms with Crippen molar-refractivity contribution in [2.45, 2.75) is 19.4 Å². The average Bonchev–Trinajstić information content (AvgIpc) is 2.21. The Morgan fingerprint density at radius 3 is 2.73 bits per heavy atom. The lowest BCUT2D eigenvalue weighted by Crippen LogP contribution is -2.14. The second kappa shape index (κ2) is 5.38. The third-order valence-electron chi connectivity index (χ3n) is 1.90. The Bertz CT molecular complexity index is 428. The fourth-order valence-electron chi connectivity index (χ4n) is 1.16. The highest BCUT2D eigenvalue weighted by Crippen LogP contribution is 2.24. The SMILES string of the molecule is CC(CC#N)Nc1ccc(C#N)cc1Br. The van der Waals surface area contributed by atoms with Crippen molar-refractivity contribution < 1.29 is 0 Å². The van der Waals surface area contributed by atoms with Gasteiger partial charge in [0.1, 0.15) is 0 Å². The van der Waals surface area contributed by atoms with Gasteiger partial charge in [0.05, 0.1) is 24.1 Å². The van der Waals surface area contributed by atoms with Crippen LogP contribution in [0.15, 0.2) is 22.7 Å². The molecule has 76 valence electrons. The van der Waals surface area contributed by atoms with E-state index < -0.39 is 0 Å². The fraction of sp³-hybridized carbons (Fsp3) is 0.273. The highest BCUT2D eigenvalue weighted by Gasteiger charge is 2.05. The van der Waals surface area contributed by atoms with Gasteiger partial charge >= 0.3 is 0 Å². The van der Waals surface area contributed by atoms with Crippen LogP contribution in [0, 0.1) is 22.7 Å². The molecule has 0 aromatic heterocycles. The van der Waals surface area contributed by atoms with Gasteiger partial charge in [0, 0.05) is 16.2 Å². The zero-order valence-electron chi connectivity index (χ0n) is 8.29. The van der Waals surface area contributed by atoms with Crippen LogP contribution in [0.25, 0.3) is 0 Å². The largest absolute Gasteiger partial charge is 0.381 e. The second-order valence-corrected chi connectivity index (χ2v) is 4.07. The number of hydrogen-bond donors (Lipinski definition) is 1. The van der Waals surface area contributed by atoms with Crippen LogP contribution in [0.1, 0.15) is 18.9 Å². The molecule has 0 spiro atoms. The van der Waals surface area contributed by atoms with Crippen molar-refractivity contribution in [3.8, 4) is 12.1 Å². The summed E-state index contributed by atoms with van der Waals surface area (Å²) in [6.45, 7) is 1.94. The number of anilines is 1. The average molecular weight is 264 g/mol. The minimum absolute atomic E-state index is 0.0965. The van der Waals surface area contributed by atoms with Crippen molar-refractivity contribution in [1.82, 2.24) is 0 Å². The molecule has 3 nitrogen and oxygen atoms in total. The first-order valence-corrected chi connectivity index (χ1v) is 5.30. The molecule has 0 aliphatic heterocycles. The van der Waals surface area contributed by atoms with Gasteiger partial charge in [0.15, 0.2) is 0 Å². The quantitative estimate of drug-likeness (QED) is 0.912. The number of nitrogens with one attached hydrogen (secondary N) is 1. The lowest BCUT2D eigenvalue weighted by molar-refractivity contribution is 0.820. The van der Waals surface area contributed by atoms with Crippen LogP contribution in [0.4, 0.5) is 5.69 Å². The molecule has 0 saturated carbocycles. The molecule has 1 aromatic rings. The zero-order valence-corrected chi connectivity index (χ0v) is 9.87. The van der Waals surface area contributed by atoms with Gasteiger partial charge < -0.3 is 5.32 Å². The summed E-state index contributed by atoms with van der Waals surface area (Å²) in [6.07, 6.45) is 0.451. The first-order valence-electron chi connectivity index (χ1n) is 4.50. The normalized spacial score (nSPS) is 11.2. The summed E-state index contributed by atoms with van der Waals surface area (Å²) in [6, 6.07) is 9.58. The molecule has 0 aliphatic rings. The van der Waals surface area contributed by atoms with Crippen LogP contribution < -0.4 is 5.32 Å². The smallest absolute Gasteiger partial charge is 0.0992 e. The number of halogens is 1. The minimum Gasteiger partial charge on any atom is -0.381 e. The Morgan fingerprint density at radius 2 is 2.20 bits per heavy atom. The Kier molecular flexibility index (Phi) is 4.15. The van der Waals surface area contributed by atoms with Gasteiger partial charge in [0.25, 0.3) is 0 Å². The number of rotatable bonds is 3. The number of nitriles is 2. The fourth-order valence-corrected chi connectivity index (χ4v) is 1.65. The van der Waals surface area contributed by atoms with E-state index in [1.165, 1.54) is 0 Å². The first kappa shape index (κ1) is 11.6. The van der Waals surface area contributed by atoms with Crippen molar-refractivity contribution in [3.05, 3.63) is 28.2 Å². The molecule has 0 saturated heterocycles. The van der Waals surface area contributed by atoms with Gasteiger partial charge in [-0.25, -0.2) is 0 Å². The molecule has 1 unspecified atom stereocenters. The summed E-state index contributed by atoms with van der Waals surface area (Å²) in [7, 11) is 0. The van der Waals surface area contributed by atoms with Gasteiger partial charge in [-0.1, -0.05) is 0 Å². The van der Waals surface area contributed by atoms with Crippen molar-refractivity contribution in [3.63, 3.8) is 0 Å². The Morgan fingerprint density at radius 1 is 1.47 bits per heavy atom. The summed E-state index contributed by atoms with van der Waals surface area (Å²) >= 11 is 3.37. The molecular weight excluding hydrogens is 254 g/mol. The second-order valence-electron chi connectivity index (χ2n) is 3.21. The van der Waals surface area contributed by atoms with Gasteiger partial charge in [0.2, 0.25) is 0 Å². The van der Waals surface area contributed by atoms with Crippen molar-refractivity contribution in [2.24, 2.45) is 0 Å². The molecule has 0 heterocycles. The van der Waals surface area contributed by atoms with E-state index >= 15 is 0 Å². The van der Waals surface area contributed by atoms with E-state index in [2.05, 4.69) is 33.4 Å². The predicted molar refractivity (Wildman–Crippen MR) is 62.2 cm³/mol. The van der Waals surface area contributed by atoms with Gasteiger partial charge in [-0.15, -0.1) is 0 Å². The topological polar surface area (TPSA) is 59.6 Å². The molecule has 0 aliphatic carbocycles. The highest BCUT2D eigenvalue weighted by molar-refractivity contribution is 9.10. The summed E-state index contributed by atoms with van der Waals surface area (Å²) in [5.74, 6) is 0. The molecule has 0 fully saturated rings. The molecule has 1 atom stereocenters. The van der Waals surface area contributed by atoms with E-state index in [0.29, 0.717) is 12.0 Å². The van der Waals surface area contributed by atoms with Crippen molar-refractivity contribution >= 4 is 21.6 Å².